The molecule has 0 aliphatic carbocycles. The second-order valence-electron chi connectivity index (χ2n) is 8.23. The quantitative estimate of drug-likeness (QED) is 0.584. The molecule has 1 saturated heterocycles. The molecule has 0 bridgehead atoms. The van der Waals surface area contributed by atoms with Crippen LogP contribution in [0.3, 0.4) is 0 Å². The number of anilines is 3. The number of carbonyl (C=O) groups excluding carboxylic acids is 2. The van der Waals surface area contributed by atoms with Crippen LogP contribution in [0.25, 0.3) is 11.0 Å². The van der Waals surface area contributed by atoms with Crippen molar-refractivity contribution in [2.45, 2.75) is 33.6 Å². The van der Waals surface area contributed by atoms with Crippen LogP contribution in [0.2, 0.25) is 0 Å². The van der Waals surface area contributed by atoms with Gasteiger partial charge in [0.15, 0.2) is 5.65 Å². The molecule has 0 unspecified atom stereocenters. The Kier molecular flexibility index (Phi) is 7.30. The molecule has 32 heavy (non-hydrogen) atoms. The molecule has 0 atom stereocenters. The first-order chi connectivity index (χ1) is 14.9. The molecular weight excluding hydrogens is 426 g/mol. The van der Waals surface area contributed by atoms with Crippen LogP contribution in [0.1, 0.15) is 42.7 Å². The molecule has 1 fully saturated rings. The minimum Gasteiger partial charge on any atom is -0.354 e. The van der Waals surface area contributed by atoms with Crippen LogP contribution in [-0.2, 0) is 4.79 Å². The maximum absolute atomic E-state index is 13.4. The SMILES string of the molecule is CC(=O)Nc1ccc(Nc2c(C(=O)N3CCC(C)CC3)cnc3nc(C)ccc23)cc1.Cl. The van der Waals surface area contributed by atoms with E-state index in [9.17, 15) is 9.59 Å². The Morgan fingerprint density at radius 3 is 2.34 bits per heavy atom. The summed E-state index contributed by atoms with van der Waals surface area (Å²) in [7, 11) is 0. The molecule has 1 aliphatic rings. The fourth-order valence-corrected chi connectivity index (χ4v) is 3.84. The molecule has 4 rings (SSSR count). The number of pyridine rings is 2. The summed E-state index contributed by atoms with van der Waals surface area (Å²) in [5.41, 5.74) is 4.24. The van der Waals surface area contributed by atoms with Gasteiger partial charge in [0, 0.05) is 48.7 Å². The molecular formula is C24H28ClN5O2. The molecule has 0 spiro atoms. The maximum Gasteiger partial charge on any atom is 0.257 e. The molecule has 2 aromatic heterocycles. The molecule has 0 radical (unpaired) electrons. The van der Waals surface area contributed by atoms with Crippen molar-refractivity contribution in [3.05, 3.63) is 53.9 Å². The summed E-state index contributed by atoms with van der Waals surface area (Å²) in [6.07, 6.45) is 3.66. The lowest BCUT2D eigenvalue weighted by Gasteiger charge is -2.31. The molecule has 0 saturated carbocycles. The van der Waals surface area contributed by atoms with Gasteiger partial charge in [-0.2, -0.15) is 0 Å². The van der Waals surface area contributed by atoms with Crippen LogP contribution in [0.5, 0.6) is 0 Å². The zero-order chi connectivity index (χ0) is 22.0. The van der Waals surface area contributed by atoms with E-state index >= 15 is 0 Å². The number of aromatic nitrogens is 2. The summed E-state index contributed by atoms with van der Waals surface area (Å²) >= 11 is 0. The number of nitrogens with one attached hydrogen (secondary N) is 2. The monoisotopic (exact) mass is 453 g/mol. The first-order valence-electron chi connectivity index (χ1n) is 10.6. The predicted molar refractivity (Wildman–Crippen MR) is 130 cm³/mol. The number of halogens is 1. The van der Waals surface area contributed by atoms with Crippen molar-refractivity contribution in [1.82, 2.24) is 14.9 Å². The summed E-state index contributed by atoms with van der Waals surface area (Å²) in [5, 5.41) is 6.96. The smallest absolute Gasteiger partial charge is 0.257 e. The lowest BCUT2D eigenvalue weighted by Crippen LogP contribution is -2.38. The van der Waals surface area contributed by atoms with Crippen LogP contribution >= 0.6 is 12.4 Å². The fourth-order valence-electron chi connectivity index (χ4n) is 3.84. The van der Waals surface area contributed by atoms with E-state index in [1.807, 2.05) is 48.2 Å². The van der Waals surface area contributed by atoms with Crippen molar-refractivity contribution in [2.24, 2.45) is 5.92 Å². The van der Waals surface area contributed by atoms with E-state index in [1.54, 1.807) is 6.20 Å². The minimum atomic E-state index is -0.119. The number of amides is 2. The minimum absolute atomic E-state index is 0. The summed E-state index contributed by atoms with van der Waals surface area (Å²) in [4.78, 5) is 35.6. The third kappa shape index (κ3) is 5.16. The Balaban J connectivity index is 0.00000289. The summed E-state index contributed by atoms with van der Waals surface area (Å²) < 4.78 is 0. The topological polar surface area (TPSA) is 87.2 Å². The highest BCUT2D eigenvalue weighted by Gasteiger charge is 2.25. The van der Waals surface area contributed by atoms with Crippen LogP contribution in [0.4, 0.5) is 17.1 Å². The van der Waals surface area contributed by atoms with E-state index < -0.39 is 0 Å². The average molecular weight is 454 g/mol. The number of fused-ring (bicyclic) bond motifs is 1. The van der Waals surface area contributed by atoms with Gasteiger partial charge in [-0.25, -0.2) is 9.97 Å². The zero-order valence-electron chi connectivity index (χ0n) is 18.5. The first kappa shape index (κ1) is 23.5. The van der Waals surface area contributed by atoms with E-state index in [-0.39, 0.29) is 24.2 Å². The summed E-state index contributed by atoms with van der Waals surface area (Å²) in [6.45, 7) is 7.14. The van der Waals surface area contributed by atoms with Gasteiger partial charge in [-0.15, -0.1) is 12.4 Å². The lowest BCUT2D eigenvalue weighted by atomic mass is 9.98. The molecule has 1 aliphatic heterocycles. The highest BCUT2D eigenvalue weighted by atomic mass is 35.5. The normalized spacial score (nSPS) is 14.0. The van der Waals surface area contributed by atoms with Crippen LogP contribution in [-0.4, -0.2) is 39.8 Å². The Hall–Kier alpha value is -3.19. The molecule has 168 valence electrons. The van der Waals surface area contributed by atoms with Crippen molar-refractivity contribution in [3.63, 3.8) is 0 Å². The number of aryl methyl sites for hydroxylation is 1. The second-order valence-corrected chi connectivity index (χ2v) is 8.23. The maximum atomic E-state index is 13.4. The van der Waals surface area contributed by atoms with E-state index in [4.69, 9.17) is 0 Å². The predicted octanol–water partition coefficient (Wildman–Crippen LogP) is 4.93. The molecule has 2 N–H and O–H groups in total. The van der Waals surface area contributed by atoms with Gasteiger partial charge in [0.2, 0.25) is 5.91 Å². The highest BCUT2D eigenvalue weighted by Crippen LogP contribution is 2.31. The average Bonchev–Trinajstić information content (AvgIpc) is 2.75. The van der Waals surface area contributed by atoms with Crippen molar-refractivity contribution in [1.29, 1.82) is 0 Å². The van der Waals surface area contributed by atoms with E-state index in [1.165, 1.54) is 6.92 Å². The van der Waals surface area contributed by atoms with Gasteiger partial charge in [0.1, 0.15) is 0 Å². The van der Waals surface area contributed by atoms with Crippen LogP contribution in [0, 0.1) is 12.8 Å². The Morgan fingerprint density at radius 2 is 1.69 bits per heavy atom. The number of likely N-dealkylation sites (tertiary alicyclic amines) is 1. The largest absolute Gasteiger partial charge is 0.354 e. The third-order valence-electron chi connectivity index (χ3n) is 5.64. The second kappa shape index (κ2) is 9.96. The standard InChI is InChI=1S/C24H27N5O2.ClH/c1-15-10-12-29(13-11-15)24(31)21-14-25-23-20(9-4-16(2)26-23)22(21)28-19-7-5-18(6-8-19)27-17(3)30;/h4-9,14-15H,10-13H2,1-3H3,(H,27,30)(H,25,26,28);1H. The van der Waals surface area contributed by atoms with Crippen molar-refractivity contribution in [3.8, 4) is 0 Å². The fraction of sp³-hybridized carbons (Fsp3) is 0.333. The van der Waals surface area contributed by atoms with Gasteiger partial charge in [-0.3, -0.25) is 9.59 Å². The molecule has 8 heteroatoms. The van der Waals surface area contributed by atoms with Gasteiger partial charge >= 0.3 is 0 Å². The van der Waals surface area contributed by atoms with E-state index in [0.717, 1.165) is 42.7 Å². The number of hydrogen-bond acceptors (Lipinski definition) is 5. The molecule has 3 aromatic rings. The number of rotatable bonds is 4. The van der Waals surface area contributed by atoms with Crippen molar-refractivity contribution >= 4 is 52.3 Å². The number of carbonyl (C=O) groups is 2. The zero-order valence-corrected chi connectivity index (χ0v) is 19.3. The number of hydrogen-bond donors (Lipinski definition) is 2. The van der Waals surface area contributed by atoms with Gasteiger partial charge in [0.25, 0.3) is 5.91 Å². The summed E-state index contributed by atoms with van der Waals surface area (Å²) in [6, 6.07) is 11.3. The van der Waals surface area contributed by atoms with E-state index in [0.29, 0.717) is 28.5 Å². The van der Waals surface area contributed by atoms with Gasteiger partial charge in [-0.05, 0) is 62.1 Å². The summed E-state index contributed by atoms with van der Waals surface area (Å²) in [5.74, 6) is 0.510. The third-order valence-corrected chi connectivity index (χ3v) is 5.64. The van der Waals surface area contributed by atoms with E-state index in [2.05, 4.69) is 27.5 Å². The van der Waals surface area contributed by atoms with Crippen LogP contribution < -0.4 is 10.6 Å². The van der Waals surface area contributed by atoms with Gasteiger partial charge < -0.3 is 15.5 Å². The molecule has 3 heterocycles. The number of piperidine rings is 1. The number of nitrogens with zero attached hydrogens (tertiary/aromatic N) is 3. The highest BCUT2D eigenvalue weighted by molar-refractivity contribution is 6.07. The molecule has 2 amide bonds. The number of benzene rings is 1. The lowest BCUT2D eigenvalue weighted by molar-refractivity contribution is -0.114. The van der Waals surface area contributed by atoms with Gasteiger partial charge in [0.05, 0.1) is 11.3 Å². The molecule has 1 aromatic carbocycles. The molecule has 7 nitrogen and oxygen atoms in total. The van der Waals surface area contributed by atoms with Crippen LogP contribution in [0.15, 0.2) is 42.6 Å². The first-order valence-corrected chi connectivity index (χ1v) is 10.6. The van der Waals surface area contributed by atoms with Gasteiger partial charge in [-0.1, -0.05) is 6.92 Å². The Bertz CT molecular complexity index is 1130. The van der Waals surface area contributed by atoms with Crippen molar-refractivity contribution in [2.75, 3.05) is 23.7 Å². The Labute approximate surface area is 194 Å². The van der Waals surface area contributed by atoms with Crippen molar-refractivity contribution < 1.29 is 9.59 Å². The Morgan fingerprint density at radius 1 is 1.03 bits per heavy atom.